The van der Waals surface area contributed by atoms with Crippen LogP contribution in [0.2, 0.25) is 0 Å². The molecule has 0 spiro atoms. The largest absolute Gasteiger partial charge is 0.440 e. The van der Waals surface area contributed by atoms with Gasteiger partial charge in [0.2, 0.25) is 0 Å². The van der Waals surface area contributed by atoms with E-state index in [1.807, 2.05) is 11.0 Å². The van der Waals surface area contributed by atoms with Crippen LogP contribution in [-0.2, 0) is 4.74 Å². The molecule has 104 valence electrons. The summed E-state index contributed by atoms with van der Waals surface area (Å²) in [6.07, 6.45) is 1.69. The maximum Gasteiger partial charge on any atom is 0.200 e. The Kier molecular flexibility index (Phi) is 3.63. The molecule has 1 aliphatic rings. The Morgan fingerprint density at radius 1 is 1.25 bits per heavy atom. The van der Waals surface area contributed by atoms with Gasteiger partial charge in [-0.1, -0.05) is 28.6 Å². The number of morpholine rings is 1. The number of nitrogens with zero attached hydrogens (tertiary/aromatic N) is 1. The minimum Gasteiger partial charge on any atom is -0.440 e. The van der Waals surface area contributed by atoms with Crippen molar-refractivity contribution in [1.82, 2.24) is 0 Å². The number of benzene rings is 1. The Balaban J connectivity index is 2.19. The Hall–Kier alpha value is -1.59. The molecule has 0 atom stereocenters. The number of hydrogen-bond donors (Lipinski definition) is 0. The molecule has 1 aromatic carbocycles. The molecule has 0 radical (unpaired) electrons. The first-order valence-electron chi connectivity index (χ1n) is 6.41. The van der Waals surface area contributed by atoms with Crippen LogP contribution < -0.4 is 10.3 Å². The molecule has 4 nitrogen and oxygen atoms in total. The molecule has 0 N–H and O–H groups in total. The zero-order valence-corrected chi connectivity index (χ0v) is 12.5. The summed E-state index contributed by atoms with van der Waals surface area (Å²) in [5, 5.41) is 0.561. The van der Waals surface area contributed by atoms with Crippen molar-refractivity contribution in [3.05, 3.63) is 45.0 Å². The van der Waals surface area contributed by atoms with Crippen LogP contribution in [-0.4, -0.2) is 26.3 Å². The predicted molar refractivity (Wildman–Crippen MR) is 83.3 cm³/mol. The number of halogens is 1. The van der Waals surface area contributed by atoms with Crippen molar-refractivity contribution in [2.45, 2.75) is 0 Å². The molecular weight excluding hydrogens is 322 g/mol. The summed E-state index contributed by atoms with van der Waals surface area (Å²) in [4.78, 5) is 14.3. The van der Waals surface area contributed by atoms with E-state index in [1.165, 1.54) is 0 Å². The fourth-order valence-corrected chi connectivity index (χ4v) is 2.80. The molecule has 0 unspecified atom stereocenters. The van der Waals surface area contributed by atoms with Crippen molar-refractivity contribution in [1.29, 1.82) is 0 Å². The number of fused-ring (bicyclic) bond motifs is 1. The third-order valence-electron chi connectivity index (χ3n) is 3.35. The maximum atomic E-state index is 12.3. The summed E-state index contributed by atoms with van der Waals surface area (Å²) < 4.78 is 12.1. The van der Waals surface area contributed by atoms with Gasteiger partial charge < -0.3 is 14.1 Å². The van der Waals surface area contributed by atoms with E-state index < -0.39 is 0 Å². The second-order valence-electron chi connectivity index (χ2n) is 4.62. The lowest BCUT2D eigenvalue weighted by atomic mass is 10.1. The highest BCUT2D eigenvalue weighted by atomic mass is 79.9. The Bertz CT molecular complexity index is 717. The van der Waals surface area contributed by atoms with Crippen molar-refractivity contribution in [2.75, 3.05) is 31.2 Å². The summed E-state index contributed by atoms with van der Waals surface area (Å²) in [6.45, 7) is 6.54. The monoisotopic (exact) mass is 335 g/mol. The van der Waals surface area contributed by atoms with Crippen LogP contribution in [0.3, 0.4) is 0 Å². The smallest absolute Gasteiger partial charge is 0.200 e. The van der Waals surface area contributed by atoms with Gasteiger partial charge in [0, 0.05) is 29.2 Å². The van der Waals surface area contributed by atoms with Gasteiger partial charge in [-0.05, 0) is 12.1 Å². The van der Waals surface area contributed by atoms with Crippen molar-refractivity contribution in [3.63, 3.8) is 0 Å². The number of hydrogen-bond acceptors (Lipinski definition) is 4. The average Bonchev–Trinajstić information content (AvgIpc) is 2.48. The van der Waals surface area contributed by atoms with E-state index in [1.54, 1.807) is 18.2 Å². The van der Waals surface area contributed by atoms with Crippen LogP contribution in [0.25, 0.3) is 17.0 Å². The highest BCUT2D eigenvalue weighted by Gasteiger charge is 2.16. The van der Waals surface area contributed by atoms with E-state index in [0.29, 0.717) is 30.1 Å². The first-order chi connectivity index (χ1) is 9.69. The first-order valence-corrected chi connectivity index (χ1v) is 7.21. The molecule has 20 heavy (non-hydrogen) atoms. The van der Waals surface area contributed by atoms with Crippen LogP contribution >= 0.6 is 15.9 Å². The van der Waals surface area contributed by atoms with Gasteiger partial charge in [-0.2, -0.15) is 0 Å². The van der Waals surface area contributed by atoms with Gasteiger partial charge in [-0.3, -0.25) is 4.79 Å². The molecule has 1 aliphatic heterocycles. The zero-order valence-electron chi connectivity index (χ0n) is 10.9. The molecule has 0 aliphatic carbocycles. The summed E-state index contributed by atoms with van der Waals surface area (Å²) in [5.41, 5.74) is 1.34. The van der Waals surface area contributed by atoms with E-state index in [0.717, 1.165) is 23.1 Å². The lowest BCUT2D eigenvalue weighted by Crippen LogP contribution is -2.36. The Morgan fingerprint density at radius 3 is 2.70 bits per heavy atom. The van der Waals surface area contributed by atoms with Gasteiger partial charge >= 0.3 is 0 Å². The van der Waals surface area contributed by atoms with Gasteiger partial charge in [0.25, 0.3) is 0 Å². The minimum absolute atomic E-state index is 0.0443. The normalized spacial score (nSPS) is 15.6. The Labute approximate surface area is 124 Å². The van der Waals surface area contributed by atoms with Gasteiger partial charge in [-0.25, -0.2) is 0 Å². The number of ether oxygens (including phenoxy) is 1. The topological polar surface area (TPSA) is 42.7 Å². The maximum absolute atomic E-state index is 12.3. The number of rotatable bonds is 2. The summed E-state index contributed by atoms with van der Waals surface area (Å²) >= 11 is 3.40. The van der Waals surface area contributed by atoms with Gasteiger partial charge in [-0.15, -0.1) is 0 Å². The number of anilines is 1. The molecule has 1 saturated heterocycles. The lowest BCUT2D eigenvalue weighted by Gasteiger charge is -2.27. The molecule has 5 heteroatoms. The SMILES string of the molecule is C=Cc1cc(Br)cc2c(=O)cc(N3CCOCC3)oc12. The van der Waals surface area contributed by atoms with Crippen LogP contribution in [0.15, 0.2) is 38.5 Å². The average molecular weight is 336 g/mol. The minimum atomic E-state index is -0.0443. The van der Waals surface area contributed by atoms with E-state index in [2.05, 4.69) is 22.5 Å². The van der Waals surface area contributed by atoms with Crippen molar-refractivity contribution < 1.29 is 9.15 Å². The van der Waals surface area contributed by atoms with E-state index in [9.17, 15) is 4.79 Å². The fraction of sp³-hybridized carbons (Fsp3) is 0.267. The molecule has 3 rings (SSSR count). The van der Waals surface area contributed by atoms with Crippen LogP contribution in [0.4, 0.5) is 5.88 Å². The second kappa shape index (κ2) is 5.42. The summed E-state index contributed by atoms with van der Waals surface area (Å²) in [5.74, 6) is 0.594. The quantitative estimate of drug-likeness (QED) is 0.846. The van der Waals surface area contributed by atoms with Gasteiger partial charge in [0.15, 0.2) is 11.3 Å². The molecule has 1 aromatic heterocycles. The van der Waals surface area contributed by atoms with Crippen molar-refractivity contribution in [2.24, 2.45) is 0 Å². The van der Waals surface area contributed by atoms with Gasteiger partial charge in [0.1, 0.15) is 5.58 Å². The Morgan fingerprint density at radius 2 is 2.00 bits per heavy atom. The van der Waals surface area contributed by atoms with Crippen molar-refractivity contribution in [3.8, 4) is 0 Å². The standard InChI is InChI=1S/C15H14BrNO3/c1-2-10-7-11(16)8-12-13(18)9-14(20-15(10)12)17-3-5-19-6-4-17/h2,7-9H,1,3-6H2. The van der Waals surface area contributed by atoms with Crippen LogP contribution in [0, 0.1) is 0 Å². The summed E-state index contributed by atoms with van der Waals surface area (Å²) in [6, 6.07) is 5.21. The zero-order chi connectivity index (χ0) is 14.1. The third kappa shape index (κ3) is 2.39. The summed E-state index contributed by atoms with van der Waals surface area (Å²) in [7, 11) is 0. The van der Waals surface area contributed by atoms with Crippen LogP contribution in [0.1, 0.15) is 5.56 Å². The molecule has 2 aromatic rings. The van der Waals surface area contributed by atoms with Crippen molar-refractivity contribution >= 4 is 38.9 Å². The fourth-order valence-electron chi connectivity index (χ4n) is 2.33. The molecular formula is C15H14BrNO3. The van der Waals surface area contributed by atoms with Gasteiger partial charge in [0.05, 0.1) is 18.6 Å². The highest BCUT2D eigenvalue weighted by molar-refractivity contribution is 9.10. The second-order valence-corrected chi connectivity index (χ2v) is 5.54. The molecule has 0 saturated carbocycles. The highest BCUT2D eigenvalue weighted by Crippen LogP contribution is 2.27. The predicted octanol–water partition coefficient (Wildman–Crippen LogP) is 3.04. The first kappa shape index (κ1) is 13.4. The molecule has 2 heterocycles. The molecule has 1 fully saturated rings. The molecule has 0 bridgehead atoms. The van der Waals surface area contributed by atoms with E-state index >= 15 is 0 Å². The molecule has 0 amide bonds. The lowest BCUT2D eigenvalue weighted by molar-refractivity contribution is 0.121. The van der Waals surface area contributed by atoms with E-state index in [4.69, 9.17) is 9.15 Å². The van der Waals surface area contributed by atoms with E-state index in [-0.39, 0.29) is 5.43 Å². The van der Waals surface area contributed by atoms with Crippen LogP contribution in [0.5, 0.6) is 0 Å². The third-order valence-corrected chi connectivity index (χ3v) is 3.81.